The Balaban J connectivity index is 1.88. The van der Waals surface area contributed by atoms with Gasteiger partial charge in [-0.3, -0.25) is 4.98 Å². The zero-order valence-electron chi connectivity index (χ0n) is 11.1. The van der Waals surface area contributed by atoms with Gasteiger partial charge in [-0.2, -0.15) is 0 Å². The second-order valence-electron chi connectivity index (χ2n) is 4.61. The van der Waals surface area contributed by atoms with Crippen LogP contribution in [0.25, 0.3) is 0 Å². The Morgan fingerprint density at radius 3 is 3.06 bits per heavy atom. The number of nitrogens with one attached hydrogen (secondary N) is 1. The molecule has 1 unspecified atom stereocenters. The van der Waals surface area contributed by atoms with Crippen LogP contribution in [-0.2, 0) is 11.2 Å². The van der Waals surface area contributed by atoms with Crippen molar-refractivity contribution in [3.8, 4) is 0 Å². The molecule has 2 heterocycles. The average Bonchev–Trinajstić information content (AvgIpc) is 2.94. The van der Waals surface area contributed by atoms with Gasteiger partial charge in [0.05, 0.1) is 12.6 Å². The van der Waals surface area contributed by atoms with E-state index in [0.29, 0.717) is 6.04 Å². The molecule has 18 heavy (non-hydrogen) atoms. The van der Waals surface area contributed by atoms with Crippen LogP contribution in [0.15, 0.2) is 36.2 Å². The van der Waals surface area contributed by atoms with Crippen LogP contribution < -0.4 is 5.32 Å². The fourth-order valence-electron chi connectivity index (χ4n) is 2.18. The van der Waals surface area contributed by atoms with Crippen LogP contribution in [0.2, 0.25) is 0 Å². The smallest absolute Gasteiger partial charge is 0.109 e. The molecule has 0 radical (unpaired) electrons. The summed E-state index contributed by atoms with van der Waals surface area (Å²) in [6, 6.07) is 6.43. The van der Waals surface area contributed by atoms with E-state index in [2.05, 4.69) is 29.4 Å². The van der Waals surface area contributed by atoms with Gasteiger partial charge in [0.1, 0.15) is 5.76 Å². The van der Waals surface area contributed by atoms with Crippen molar-refractivity contribution in [2.45, 2.75) is 38.6 Å². The highest BCUT2D eigenvalue weighted by atomic mass is 16.5. The zero-order chi connectivity index (χ0) is 12.6. The first kappa shape index (κ1) is 13.1. The molecular weight excluding hydrogens is 224 g/mol. The van der Waals surface area contributed by atoms with Crippen LogP contribution in [0, 0.1) is 0 Å². The second-order valence-corrected chi connectivity index (χ2v) is 4.61. The number of rotatable bonds is 7. The molecule has 3 nitrogen and oxygen atoms in total. The van der Waals surface area contributed by atoms with Gasteiger partial charge in [0.2, 0.25) is 0 Å². The first-order valence-corrected chi connectivity index (χ1v) is 6.86. The molecule has 1 N–H and O–H groups in total. The second kappa shape index (κ2) is 7.17. The third kappa shape index (κ3) is 3.84. The first-order chi connectivity index (χ1) is 8.90. The molecule has 0 amide bonds. The summed E-state index contributed by atoms with van der Waals surface area (Å²) in [4.78, 5) is 4.37. The maximum atomic E-state index is 5.68. The standard InChI is InChI=1S/C15H22N2O/c1-2-10-17-14(15-7-5-12-18-15)9-8-13-6-3-4-11-16-13/h3-4,6-7,11,14,17H,2,5,8-10,12H2,1H3. The largest absolute Gasteiger partial charge is 0.496 e. The minimum absolute atomic E-state index is 0.342. The molecule has 1 aromatic heterocycles. The van der Waals surface area contributed by atoms with Gasteiger partial charge in [-0.1, -0.05) is 13.0 Å². The van der Waals surface area contributed by atoms with Gasteiger partial charge in [0.15, 0.2) is 0 Å². The molecule has 0 saturated heterocycles. The van der Waals surface area contributed by atoms with E-state index in [0.717, 1.165) is 50.3 Å². The summed E-state index contributed by atoms with van der Waals surface area (Å²) in [5.41, 5.74) is 1.15. The molecule has 0 spiro atoms. The molecular formula is C15H22N2O. The lowest BCUT2D eigenvalue weighted by Gasteiger charge is -2.19. The molecule has 0 saturated carbocycles. The molecule has 0 fully saturated rings. The van der Waals surface area contributed by atoms with Gasteiger partial charge >= 0.3 is 0 Å². The summed E-state index contributed by atoms with van der Waals surface area (Å²) in [5, 5.41) is 3.56. The van der Waals surface area contributed by atoms with E-state index in [1.807, 2.05) is 18.3 Å². The highest BCUT2D eigenvalue weighted by molar-refractivity contribution is 5.10. The molecule has 1 aliphatic heterocycles. The predicted octanol–water partition coefficient (Wildman–Crippen LogP) is 2.69. The molecule has 0 bridgehead atoms. The summed E-state index contributed by atoms with van der Waals surface area (Å²) in [5.74, 6) is 1.12. The summed E-state index contributed by atoms with van der Waals surface area (Å²) < 4.78 is 5.68. The van der Waals surface area contributed by atoms with Crippen LogP contribution >= 0.6 is 0 Å². The third-order valence-corrected chi connectivity index (χ3v) is 3.13. The van der Waals surface area contributed by atoms with Crippen LogP contribution in [0.4, 0.5) is 0 Å². The number of nitrogens with zero attached hydrogens (tertiary/aromatic N) is 1. The average molecular weight is 246 g/mol. The molecule has 1 atom stereocenters. The van der Waals surface area contributed by atoms with Crippen LogP contribution in [0.5, 0.6) is 0 Å². The summed E-state index contributed by atoms with van der Waals surface area (Å²) in [6.07, 6.45) is 8.29. The Labute approximate surface area is 109 Å². The lowest BCUT2D eigenvalue weighted by Crippen LogP contribution is -2.32. The zero-order valence-corrected chi connectivity index (χ0v) is 11.1. The van der Waals surface area contributed by atoms with E-state index < -0.39 is 0 Å². The fourth-order valence-corrected chi connectivity index (χ4v) is 2.18. The number of ether oxygens (including phenoxy) is 1. The lowest BCUT2D eigenvalue weighted by atomic mass is 10.1. The SMILES string of the molecule is CCCNC(CCc1ccccn1)C1=CCCO1. The van der Waals surface area contributed by atoms with Crippen molar-refractivity contribution in [1.29, 1.82) is 0 Å². The minimum Gasteiger partial charge on any atom is -0.496 e. The van der Waals surface area contributed by atoms with E-state index in [4.69, 9.17) is 4.74 Å². The molecule has 3 heteroatoms. The maximum Gasteiger partial charge on any atom is 0.109 e. The first-order valence-electron chi connectivity index (χ1n) is 6.86. The number of aryl methyl sites for hydroxylation is 1. The maximum absolute atomic E-state index is 5.68. The van der Waals surface area contributed by atoms with Gasteiger partial charge in [0, 0.05) is 18.3 Å². The van der Waals surface area contributed by atoms with Crippen molar-refractivity contribution in [2.75, 3.05) is 13.2 Å². The number of hydrogen-bond acceptors (Lipinski definition) is 3. The Bertz CT molecular complexity index is 375. The van der Waals surface area contributed by atoms with Gasteiger partial charge in [-0.15, -0.1) is 0 Å². The highest BCUT2D eigenvalue weighted by Gasteiger charge is 2.18. The van der Waals surface area contributed by atoms with Gasteiger partial charge in [-0.05, 0) is 44.0 Å². The van der Waals surface area contributed by atoms with Crippen molar-refractivity contribution in [1.82, 2.24) is 10.3 Å². The van der Waals surface area contributed by atoms with Crippen molar-refractivity contribution in [3.05, 3.63) is 41.9 Å². The van der Waals surface area contributed by atoms with E-state index in [1.54, 1.807) is 0 Å². The molecule has 0 aliphatic carbocycles. The van der Waals surface area contributed by atoms with Crippen LogP contribution in [0.1, 0.15) is 31.9 Å². The van der Waals surface area contributed by atoms with Crippen molar-refractivity contribution in [3.63, 3.8) is 0 Å². The third-order valence-electron chi connectivity index (χ3n) is 3.13. The fraction of sp³-hybridized carbons (Fsp3) is 0.533. The van der Waals surface area contributed by atoms with Gasteiger partial charge < -0.3 is 10.1 Å². The number of pyridine rings is 1. The normalized spacial score (nSPS) is 16.2. The molecule has 98 valence electrons. The summed E-state index contributed by atoms with van der Waals surface area (Å²) in [6.45, 7) is 4.06. The summed E-state index contributed by atoms with van der Waals surface area (Å²) >= 11 is 0. The Morgan fingerprint density at radius 1 is 1.44 bits per heavy atom. The van der Waals surface area contributed by atoms with E-state index in [9.17, 15) is 0 Å². The van der Waals surface area contributed by atoms with Crippen molar-refractivity contribution < 1.29 is 4.74 Å². The molecule has 1 aliphatic rings. The summed E-state index contributed by atoms with van der Waals surface area (Å²) in [7, 11) is 0. The highest BCUT2D eigenvalue weighted by Crippen LogP contribution is 2.17. The molecule has 0 aromatic carbocycles. The molecule has 2 rings (SSSR count). The van der Waals surface area contributed by atoms with E-state index in [-0.39, 0.29) is 0 Å². The quantitative estimate of drug-likeness (QED) is 0.803. The van der Waals surface area contributed by atoms with Crippen LogP contribution in [-0.4, -0.2) is 24.2 Å². The Hall–Kier alpha value is -1.35. The lowest BCUT2D eigenvalue weighted by molar-refractivity contribution is 0.211. The minimum atomic E-state index is 0.342. The molecule has 1 aromatic rings. The van der Waals surface area contributed by atoms with Crippen LogP contribution in [0.3, 0.4) is 0 Å². The topological polar surface area (TPSA) is 34.2 Å². The number of hydrogen-bond donors (Lipinski definition) is 1. The van der Waals surface area contributed by atoms with Gasteiger partial charge in [-0.25, -0.2) is 0 Å². The monoisotopic (exact) mass is 246 g/mol. The van der Waals surface area contributed by atoms with Gasteiger partial charge in [0.25, 0.3) is 0 Å². The number of aromatic nitrogens is 1. The van der Waals surface area contributed by atoms with E-state index >= 15 is 0 Å². The Kier molecular flexibility index (Phi) is 5.21. The van der Waals surface area contributed by atoms with E-state index in [1.165, 1.54) is 0 Å². The van der Waals surface area contributed by atoms with Crippen molar-refractivity contribution in [2.24, 2.45) is 0 Å². The van der Waals surface area contributed by atoms with Crippen molar-refractivity contribution >= 4 is 0 Å². The Morgan fingerprint density at radius 2 is 2.39 bits per heavy atom. The predicted molar refractivity (Wildman–Crippen MR) is 73.3 cm³/mol.